The minimum atomic E-state index is -0.306. The molecule has 0 bridgehead atoms. The van der Waals surface area contributed by atoms with Crippen LogP contribution in [0.25, 0.3) is 0 Å². The lowest BCUT2D eigenvalue weighted by atomic mass is 9.95. The third-order valence-electron chi connectivity index (χ3n) is 5.78. The minimum absolute atomic E-state index is 0.0826. The molecule has 3 amide bonds. The Hall–Kier alpha value is -2.41. The largest absolute Gasteiger partial charge is 0.369 e. The van der Waals surface area contributed by atoms with Crippen molar-refractivity contribution >= 4 is 23.4 Å². The number of amides is 3. The van der Waals surface area contributed by atoms with Crippen LogP contribution in [0.5, 0.6) is 0 Å². The number of hydrogen-bond acceptors (Lipinski definition) is 4. The Morgan fingerprint density at radius 1 is 1.07 bits per heavy atom. The molecule has 1 saturated carbocycles. The van der Waals surface area contributed by atoms with Crippen LogP contribution in [0.1, 0.15) is 48.9 Å². The number of hydrogen-bond donors (Lipinski definition) is 3. The maximum atomic E-state index is 12.9. The van der Waals surface area contributed by atoms with Crippen LogP contribution >= 0.6 is 0 Å². The van der Waals surface area contributed by atoms with Crippen molar-refractivity contribution in [3.05, 3.63) is 29.8 Å². The number of para-hydroxylation sites is 1. The van der Waals surface area contributed by atoms with Crippen molar-refractivity contribution in [2.45, 2.75) is 44.6 Å². The Morgan fingerprint density at radius 3 is 2.41 bits per heavy atom. The van der Waals surface area contributed by atoms with Gasteiger partial charge >= 0.3 is 0 Å². The number of carbonyl (C=O) groups is 3. The molecule has 1 aliphatic heterocycles. The van der Waals surface area contributed by atoms with Crippen LogP contribution in [0.3, 0.4) is 0 Å². The molecule has 0 unspecified atom stereocenters. The van der Waals surface area contributed by atoms with E-state index < -0.39 is 0 Å². The fourth-order valence-corrected chi connectivity index (χ4v) is 4.07. The fraction of sp³-hybridized carbons (Fsp3) is 0.550. The number of anilines is 1. The SMILES string of the molecule is NC(=O)C1CCN(C(=O)c2ccccc2NC(=O)C[C@@H]2CCC[C@H]2N)CC1. The molecular weight excluding hydrogens is 344 g/mol. The van der Waals surface area contributed by atoms with Gasteiger partial charge in [0.25, 0.3) is 5.91 Å². The van der Waals surface area contributed by atoms with Gasteiger partial charge in [-0.25, -0.2) is 0 Å². The molecule has 3 rings (SSSR count). The van der Waals surface area contributed by atoms with Crippen molar-refractivity contribution in [2.24, 2.45) is 23.3 Å². The summed E-state index contributed by atoms with van der Waals surface area (Å²) in [6, 6.07) is 7.13. The summed E-state index contributed by atoms with van der Waals surface area (Å²) in [5.74, 6) is -0.503. The first-order chi connectivity index (χ1) is 13.0. The predicted molar refractivity (Wildman–Crippen MR) is 103 cm³/mol. The van der Waals surface area contributed by atoms with Gasteiger partial charge in [0.1, 0.15) is 0 Å². The van der Waals surface area contributed by atoms with E-state index in [-0.39, 0.29) is 35.6 Å². The molecule has 1 aromatic carbocycles. The van der Waals surface area contributed by atoms with E-state index in [1.54, 1.807) is 29.2 Å². The smallest absolute Gasteiger partial charge is 0.255 e. The van der Waals surface area contributed by atoms with Crippen LogP contribution in [0.2, 0.25) is 0 Å². The quantitative estimate of drug-likeness (QED) is 0.725. The van der Waals surface area contributed by atoms with E-state index >= 15 is 0 Å². The summed E-state index contributed by atoms with van der Waals surface area (Å²) in [6.07, 6.45) is 4.55. The fourth-order valence-electron chi connectivity index (χ4n) is 4.07. The summed E-state index contributed by atoms with van der Waals surface area (Å²) < 4.78 is 0. The first-order valence-electron chi connectivity index (χ1n) is 9.68. The number of rotatable bonds is 5. The molecule has 1 aromatic rings. The average Bonchev–Trinajstić information content (AvgIpc) is 3.06. The highest BCUT2D eigenvalue weighted by Gasteiger charge is 2.29. The van der Waals surface area contributed by atoms with Crippen LogP contribution in [-0.2, 0) is 9.59 Å². The van der Waals surface area contributed by atoms with Crippen molar-refractivity contribution in [2.75, 3.05) is 18.4 Å². The van der Waals surface area contributed by atoms with Crippen molar-refractivity contribution in [1.82, 2.24) is 4.90 Å². The molecular formula is C20H28N4O3. The predicted octanol–water partition coefficient (Wildman–Crippen LogP) is 1.48. The van der Waals surface area contributed by atoms with Gasteiger partial charge in [0.15, 0.2) is 0 Å². The lowest BCUT2D eigenvalue weighted by Crippen LogP contribution is -2.42. The molecule has 7 heteroatoms. The van der Waals surface area contributed by atoms with Gasteiger partial charge in [0.05, 0.1) is 11.3 Å². The summed E-state index contributed by atoms with van der Waals surface area (Å²) in [5.41, 5.74) is 12.4. The summed E-state index contributed by atoms with van der Waals surface area (Å²) in [5, 5.41) is 2.89. The molecule has 2 aliphatic rings. The first-order valence-corrected chi connectivity index (χ1v) is 9.68. The molecule has 2 atom stereocenters. The number of piperidine rings is 1. The van der Waals surface area contributed by atoms with E-state index in [9.17, 15) is 14.4 Å². The van der Waals surface area contributed by atoms with Crippen LogP contribution in [0.4, 0.5) is 5.69 Å². The van der Waals surface area contributed by atoms with Gasteiger partial charge in [-0.2, -0.15) is 0 Å². The highest BCUT2D eigenvalue weighted by molar-refractivity contribution is 6.03. The molecule has 0 aromatic heterocycles. The number of nitrogens with zero attached hydrogens (tertiary/aromatic N) is 1. The third kappa shape index (κ3) is 4.66. The van der Waals surface area contributed by atoms with E-state index in [0.29, 0.717) is 43.6 Å². The van der Waals surface area contributed by atoms with Gasteiger partial charge in [-0.05, 0) is 43.7 Å². The highest BCUT2D eigenvalue weighted by Crippen LogP contribution is 2.28. The number of carbonyl (C=O) groups excluding carboxylic acids is 3. The van der Waals surface area contributed by atoms with Crippen molar-refractivity contribution < 1.29 is 14.4 Å². The zero-order valence-electron chi connectivity index (χ0n) is 15.5. The van der Waals surface area contributed by atoms with E-state index in [4.69, 9.17) is 11.5 Å². The Bertz CT molecular complexity index is 713. The van der Waals surface area contributed by atoms with Gasteiger partial charge in [-0.3, -0.25) is 14.4 Å². The number of primary amides is 1. The zero-order valence-corrected chi connectivity index (χ0v) is 15.5. The molecule has 2 fully saturated rings. The second kappa shape index (κ2) is 8.52. The van der Waals surface area contributed by atoms with Crippen molar-refractivity contribution in [1.29, 1.82) is 0 Å². The molecule has 0 spiro atoms. The van der Waals surface area contributed by atoms with Gasteiger partial charge in [-0.15, -0.1) is 0 Å². The van der Waals surface area contributed by atoms with Gasteiger partial charge in [-0.1, -0.05) is 18.6 Å². The number of nitrogens with two attached hydrogens (primary N) is 2. The monoisotopic (exact) mass is 372 g/mol. The molecule has 1 saturated heterocycles. The maximum absolute atomic E-state index is 12.9. The molecule has 0 radical (unpaired) electrons. The number of nitrogens with one attached hydrogen (secondary N) is 1. The van der Waals surface area contributed by atoms with Crippen LogP contribution in [-0.4, -0.2) is 41.8 Å². The van der Waals surface area contributed by atoms with E-state index in [1.165, 1.54) is 0 Å². The molecule has 7 nitrogen and oxygen atoms in total. The second-order valence-electron chi connectivity index (χ2n) is 7.62. The van der Waals surface area contributed by atoms with Crippen LogP contribution in [0, 0.1) is 11.8 Å². The normalized spacial score (nSPS) is 23.2. The van der Waals surface area contributed by atoms with E-state index in [1.807, 2.05) is 0 Å². The second-order valence-corrected chi connectivity index (χ2v) is 7.62. The van der Waals surface area contributed by atoms with E-state index in [0.717, 1.165) is 19.3 Å². The number of likely N-dealkylation sites (tertiary alicyclic amines) is 1. The summed E-state index contributed by atoms with van der Waals surface area (Å²) in [6.45, 7) is 0.983. The lowest BCUT2D eigenvalue weighted by Gasteiger charge is -2.31. The maximum Gasteiger partial charge on any atom is 0.255 e. The van der Waals surface area contributed by atoms with Crippen LogP contribution < -0.4 is 16.8 Å². The zero-order chi connectivity index (χ0) is 19.4. The lowest BCUT2D eigenvalue weighted by molar-refractivity contribution is -0.123. The van der Waals surface area contributed by atoms with Crippen molar-refractivity contribution in [3.63, 3.8) is 0 Å². The molecule has 1 aliphatic carbocycles. The third-order valence-corrected chi connectivity index (χ3v) is 5.78. The van der Waals surface area contributed by atoms with Crippen molar-refractivity contribution in [3.8, 4) is 0 Å². The highest BCUT2D eigenvalue weighted by atomic mass is 16.2. The van der Waals surface area contributed by atoms with Crippen LogP contribution in [0.15, 0.2) is 24.3 Å². The molecule has 27 heavy (non-hydrogen) atoms. The molecule has 1 heterocycles. The summed E-state index contributed by atoms with van der Waals surface area (Å²) in [4.78, 5) is 38.4. The Kier molecular flexibility index (Phi) is 6.11. The first kappa shape index (κ1) is 19.4. The topological polar surface area (TPSA) is 119 Å². The standard InChI is InChI=1S/C20H28N4O3/c21-16-6-3-4-14(16)12-18(25)23-17-7-2-1-5-15(17)20(27)24-10-8-13(9-11-24)19(22)26/h1-2,5,7,13-14,16H,3-4,6,8-12,21H2,(H2,22,26)(H,23,25)/t14-,16+/m0/s1. The molecule has 5 N–H and O–H groups in total. The van der Waals surface area contributed by atoms with Gasteiger partial charge in [0.2, 0.25) is 11.8 Å². The summed E-state index contributed by atoms with van der Waals surface area (Å²) >= 11 is 0. The van der Waals surface area contributed by atoms with Gasteiger partial charge in [0, 0.05) is 31.5 Å². The number of benzene rings is 1. The molecule has 146 valence electrons. The summed E-state index contributed by atoms with van der Waals surface area (Å²) in [7, 11) is 0. The average molecular weight is 372 g/mol. The Balaban J connectivity index is 1.64. The minimum Gasteiger partial charge on any atom is -0.369 e. The van der Waals surface area contributed by atoms with E-state index in [2.05, 4.69) is 5.32 Å². The Labute approximate surface area is 159 Å². The van der Waals surface area contributed by atoms with Gasteiger partial charge < -0.3 is 21.7 Å². The Morgan fingerprint density at radius 2 is 1.78 bits per heavy atom.